The average Bonchev–Trinajstić information content (AvgIpc) is 2.94. The summed E-state index contributed by atoms with van der Waals surface area (Å²) in [6.07, 6.45) is 1.87. The number of methoxy groups -OCH3 is 1. The second kappa shape index (κ2) is 5.61. The van der Waals surface area contributed by atoms with E-state index < -0.39 is 0 Å². The van der Waals surface area contributed by atoms with Crippen molar-refractivity contribution in [2.45, 2.75) is 0 Å². The van der Waals surface area contributed by atoms with Crippen LogP contribution in [0.25, 0.3) is 10.9 Å². The molecule has 4 nitrogen and oxygen atoms in total. The quantitative estimate of drug-likeness (QED) is 0.748. The standard InChI is InChI=1S/C16H13BrN2O2/c1-21-15-5-2-11(9-13(15)17)16(20)19-12-3-4-14-10(8-12)6-7-18-14/h2-9,18H,1H3,(H,19,20). The van der Waals surface area contributed by atoms with Crippen LogP contribution in [0.4, 0.5) is 5.69 Å². The highest BCUT2D eigenvalue weighted by molar-refractivity contribution is 9.10. The summed E-state index contributed by atoms with van der Waals surface area (Å²) in [6, 6.07) is 12.9. The molecule has 0 fully saturated rings. The van der Waals surface area contributed by atoms with Gasteiger partial charge in [0.1, 0.15) is 5.75 Å². The van der Waals surface area contributed by atoms with Crippen molar-refractivity contribution < 1.29 is 9.53 Å². The normalized spacial score (nSPS) is 10.6. The van der Waals surface area contributed by atoms with Crippen molar-refractivity contribution in [3.63, 3.8) is 0 Å². The second-order valence-electron chi connectivity index (χ2n) is 4.58. The number of ether oxygens (including phenoxy) is 1. The van der Waals surface area contributed by atoms with Crippen molar-refractivity contribution in [3.05, 3.63) is 58.7 Å². The molecule has 1 aromatic heterocycles. The summed E-state index contributed by atoms with van der Waals surface area (Å²) in [5, 5.41) is 3.95. The third-order valence-corrected chi connectivity index (χ3v) is 3.84. The minimum Gasteiger partial charge on any atom is -0.496 e. The van der Waals surface area contributed by atoms with E-state index in [9.17, 15) is 4.79 Å². The van der Waals surface area contributed by atoms with E-state index in [-0.39, 0.29) is 5.91 Å². The van der Waals surface area contributed by atoms with Gasteiger partial charge in [0.25, 0.3) is 5.91 Å². The maximum atomic E-state index is 12.3. The van der Waals surface area contributed by atoms with Gasteiger partial charge in [0.15, 0.2) is 0 Å². The largest absolute Gasteiger partial charge is 0.496 e. The number of aromatic amines is 1. The van der Waals surface area contributed by atoms with Crippen LogP contribution in [0.1, 0.15) is 10.4 Å². The molecule has 0 atom stereocenters. The molecule has 0 aliphatic carbocycles. The van der Waals surface area contributed by atoms with Crippen LogP contribution in [-0.2, 0) is 0 Å². The number of H-pyrrole nitrogens is 1. The lowest BCUT2D eigenvalue weighted by Gasteiger charge is -2.08. The van der Waals surface area contributed by atoms with Crippen LogP contribution >= 0.6 is 15.9 Å². The Hall–Kier alpha value is -2.27. The number of benzene rings is 2. The number of amides is 1. The summed E-state index contributed by atoms with van der Waals surface area (Å²) in [6.45, 7) is 0. The number of carbonyl (C=O) groups excluding carboxylic acids is 1. The first kappa shape index (κ1) is 13.7. The van der Waals surface area contributed by atoms with E-state index in [0.29, 0.717) is 11.3 Å². The van der Waals surface area contributed by atoms with Crippen molar-refractivity contribution in [2.24, 2.45) is 0 Å². The molecular formula is C16H13BrN2O2. The topological polar surface area (TPSA) is 54.1 Å². The smallest absolute Gasteiger partial charge is 0.255 e. The second-order valence-corrected chi connectivity index (χ2v) is 5.44. The zero-order valence-electron chi connectivity index (χ0n) is 11.3. The first-order valence-corrected chi connectivity index (χ1v) is 7.19. The van der Waals surface area contributed by atoms with Crippen molar-refractivity contribution in [1.82, 2.24) is 4.98 Å². The van der Waals surface area contributed by atoms with Gasteiger partial charge in [0.05, 0.1) is 11.6 Å². The number of hydrogen-bond acceptors (Lipinski definition) is 2. The number of aromatic nitrogens is 1. The predicted molar refractivity (Wildman–Crippen MR) is 86.9 cm³/mol. The number of nitrogens with one attached hydrogen (secondary N) is 2. The molecule has 0 aliphatic heterocycles. The summed E-state index contributed by atoms with van der Waals surface area (Å²) in [5.41, 5.74) is 2.37. The highest BCUT2D eigenvalue weighted by Gasteiger charge is 2.09. The van der Waals surface area contributed by atoms with Gasteiger partial charge in [-0.1, -0.05) is 0 Å². The number of fused-ring (bicyclic) bond motifs is 1. The average molecular weight is 345 g/mol. The van der Waals surface area contributed by atoms with Gasteiger partial charge in [-0.2, -0.15) is 0 Å². The van der Waals surface area contributed by atoms with Crippen LogP contribution in [0.3, 0.4) is 0 Å². The lowest BCUT2D eigenvalue weighted by atomic mass is 10.2. The summed E-state index contributed by atoms with van der Waals surface area (Å²) in [4.78, 5) is 15.4. The molecule has 106 valence electrons. The molecule has 3 aromatic rings. The Balaban J connectivity index is 1.83. The molecule has 2 aromatic carbocycles. The molecule has 1 heterocycles. The number of carbonyl (C=O) groups is 1. The van der Waals surface area contributed by atoms with Gasteiger partial charge in [0, 0.05) is 28.4 Å². The summed E-state index contributed by atoms with van der Waals surface area (Å²) in [7, 11) is 1.59. The first-order chi connectivity index (χ1) is 10.2. The molecular weight excluding hydrogens is 332 g/mol. The number of hydrogen-bond donors (Lipinski definition) is 2. The van der Waals surface area contributed by atoms with E-state index in [4.69, 9.17) is 4.74 Å². The molecule has 0 spiro atoms. The van der Waals surface area contributed by atoms with Gasteiger partial charge in [-0.05, 0) is 58.4 Å². The molecule has 0 unspecified atom stereocenters. The van der Waals surface area contributed by atoms with Gasteiger partial charge >= 0.3 is 0 Å². The minimum absolute atomic E-state index is 0.159. The Bertz CT molecular complexity index is 811. The predicted octanol–water partition coefficient (Wildman–Crippen LogP) is 4.19. The molecule has 0 aliphatic rings. The van der Waals surface area contributed by atoms with Gasteiger partial charge in [-0.15, -0.1) is 0 Å². The fourth-order valence-electron chi connectivity index (χ4n) is 2.14. The molecule has 0 saturated heterocycles. The number of anilines is 1. The van der Waals surface area contributed by atoms with E-state index in [1.165, 1.54) is 0 Å². The third kappa shape index (κ3) is 2.78. The van der Waals surface area contributed by atoms with Crippen molar-refractivity contribution >= 4 is 38.4 Å². The van der Waals surface area contributed by atoms with Crippen LogP contribution in [0.5, 0.6) is 5.75 Å². The first-order valence-electron chi connectivity index (χ1n) is 6.39. The molecule has 0 bridgehead atoms. The minimum atomic E-state index is -0.159. The maximum Gasteiger partial charge on any atom is 0.255 e. The Labute approximate surface area is 130 Å². The summed E-state index contributed by atoms with van der Waals surface area (Å²) >= 11 is 3.38. The van der Waals surface area contributed by atoms with Gasteiger partial charge in [-0.25, -0.2) is 0 Å². The van der Waals surface area contributed by atoms with Crippen LogP contribution < -0.4 is 10.1 Å². The number of rotatable bonds is 3. The van der Waals surface area contributed by atoms with Gasteiger partial charge < -0.3 is 15.0 Å². The summed E-state index contributed by atoms with van der Waals surface area (Å²) < 4.78 is 5.90. The van der Waals surface area contributed by atoms with Crippen LogP contribution in [0.2, 0.25) is 0 Å². The lowest BCUT2D eigenvalue weighted by Crippen LogP contribution is -2.11. The Morgan fingerprint density at radius 3 is 2.81 bits per heavy atom. The van der Waals surface area contributed by atoms with Crippen molar-refractivity contribution in [2.75, 3.05) is 12.4 Å². The fourth-order valence-corrected chi connectivity index (χ4v) is 2.68. The van der Waals surface area contributed by atoms with Crippen molar-refractivity contribution in [1.29, 1.82) is 0 Å². The van der Waals surface area contributed by atoms with E-state index in [0.717, 1.165) is 21.1 Å². The van der Waals surface area contributed by atoms with E-state index >= 15 is 0 Å². The van der Waals surface area contributed by atoms with Crippen molar-refractivity contribution in [3.8, 4) is 5.75 Å². The highest BCUT2D eigenvalue weighted by atomic mass is 79.9. The highest BCUT2D eigenvalue weighted by Crippen LogP contribution is 2.26. The monoisotopic (exact) mass is 344 g/mol. The maximum absolute atomic E-state index is 12.3. The van der Waals surface area contributed by atoms with E-state index in [1.54, 1.807) is 25.3 Å². The van der Waals surface area contributed by atoms with Crippen LogP contribution in [0.15, 0.2) is 53.1 Å². The van der Waals surface area contributed by atoms with E-state index in [2.05, 4.69) is 26.2 Å². The lowest BCUT2D eigenvalue weighted by molar-refractivity contribution is 0.102. The molecule has 0 saturated carbocycles. The fraction of sp³-hybridized carbons (Fsp3) is 0.0625. The number of halogens is 1. The summed E-state index contributed by atoms with van der Waals surface area (Å²) in [5.74, 6) is 0.536. The Morgan fingerprint density at radius 2 is 2.05 bits per heavy atom. The van der Waals surface area contributed by atoms with Crippen LogP contribution in [0, 0.1) is 0 Å². The molecule has 3 rings (SSSR count). The van der Waals surface area contributed by atoms with Gasteiger partial charge in [0.2, 0.25) is 0 Å². The third-order valence-electron chi connectivity index (χ3n) is 3.23. The Morgan fingerprint density at radius 1 is 1.19 bits per heavy atom. The molecule has 0 radical (unpaired) electrons. The molecule has 1 amide bonds. The zero-order valence-corrected chi connectivity index (χ0v) is 12.9. The van der Waals surface area contributed by atoms with Gasteiger partial charge in [-0.3, -0.25) is 4.79 Å². The van der Waals surface area contributed by atoms with E-state index in [1.807, 2.05) is 30.5 Å². The Kier molecular flexibility index (Phi) is 3.66. The molecule has 2 N–H and O–H groups in total. The molecule has 5 heteroatoms. The SMILES string of the molecule is COc1ccc(C(=O)Nc2ccc3[nH]ccc3c2)cc1Br. The van der Waals surface area contributed by atoms with Crippen LogP contribution in [-0.4, -0.2) is 18.0 Å². The zero-order chi connectivity index (χ0) is 14.8. The molecule has 21 heavy (non-hydrogen) atoms.